The van der Waals surface area contributed by atoms with Gasteiger partial charge in [0.1, 0.15) is 4.88 Å². The molecular formula is C26H30ClN3O4S2. The minimum Gasteiger partial charge on any atom is -0.378 e. The number of aryl methyl sites for hydroxylation is 2. The summed E-state index contributed by atoms with van der Waals surface area (Å²) >= 11 is 7.16. The van der Waals surface area contributed by atoms with Crippen LogP contribution in [-0.2, 0) is 14.8 Å². The molecule has 36 heavy (non-hydrogen) atoms. The van der Waals surface area contributed by atoms with Crippen molar-refractivity contribution in [3.8, 4) is 0 Å². The van der Waals surface area contributed by atoms with Crippen LogP contribution in [0.3, 0.4) is 0 Å². The Hall–Kier alpha value is -2.59. The van der Waals surface area contributed by atoms with Crippen molar-refractivity contribution in [2.75, 3.05) is 47.4 Å². The fraction of sp³-hybridized carbons (Fsp3) is 0.346. The Morgan fingerprint density at radius 3 is 2.42 bits per heavy atom. The van der Waals surface area contributed by atoms with Crippen LogP contribution in [-0.4, -0.2) is 47.2 Å². The van der Waals surface area contributed by atoms with Gasteiger partial charge in [-0.1, -0.05) is 17.7 Å². The molecule has 1 saturated heterocycles. The van der Waals surface area contributed by atoms with Gasteiger partial charge in [0.25, 0.3) is 15.9 Å². The van der Waals surface area contributed by atoms with E-state index in [-0.39, 0.29) is 17.3 Å². The molecule has 0 saturated carbocycles. The summed E-state index contributed by atoms with van der Waals surface area (Å²) in [5.41, 5.74) is 5.29. The molecule has 2 aromatic carbocycles. The number of benzene rings is 2. The highest BCUT2D eigenvalue weighted by atomic mass is 35.5. The number of hydrogen-bond donors (Lipinski definition) is 1. The van der Waals surface area contributed by atoms with Crippen molar-refractivity contribution >= 4 is 55.9 Å². The van der Waals surface area contributed by atoms with E-state index in [1.165, 1.54) is 27.8 Å². The highest BCUT2D eigenvalue weighted by Crippen LogP contribution is 2.36. The fourth-order valence-electron chi connectivity index (χ4n) is 4.68. The van der Waals surface area contributed by atoms with Crippen LogP contribution in [0.1, 0.15) is 33.3 Å². The number of nitrogens with one attached hydrogen (secondary N) is 1. The predicted molar refractivity (Wildman–Crippen MR) is 148 cm³/mol. The van der Waals surface area contributed by atoms with Gasteiger partial charge < -0.3 is 15.0 Å². The molecule has 192 valence electrons. The second-order valence-corrected chi connectivity index (χ2v) is 11.9. The maximum atomic E-state index is 13.5. The molecule has 0 unspecified atom stereocenters. The first kappa shape index (κ1) is 26.5. The van der Waals surface area contributed by atoms with E-state index in [9.17, 15) is 13.2 Å². The van der Waals surface area contributed by atoms with Gasteiger partial charge in [0.15, 0.2) is 0 Å². The van der Waals surface area contributed by atoms with Gasteiger partial charge in [-0.05, 0) is 80.1 Å². The van der Waals surface area contributed by atoms with Gasteiger partial charge in [-0.2, -0.15) is 0 Å². The second kappa shape index (κ2) is 10.8. The molecule has 1 aromatic heterocycles. The standard InChI is InChI=1S/C26H30ClN3O4S2/c1-5-30(36(32,33)21-8-6-20(27)7-9-21)22-10-15-35-25(22)26(31)28-23-17(2)16-18(3)24(19(23)4)29-11-13-34-14-12-29/h6-10,15-16H,5,11-14H2,1-4H3,(H,28,31). The summed E-state index contributed by atoms with van der Waals surface area (Å²) in [6.45, 7) is 10.9. The number of amides is 1. The normalized spacial score (nSPS) is 14.1. The van der Waals surface area contributed by atoms with Crippen LogP contribution in [0.25, 0.3) is 0 Å². The van der Waals surface area contributed by atoms with Crippen molar-refractivity contribution in [1.29, 1.82) is 0 Å². The number of ether oxygens (including phenoxy) is 1. The van der Waals surface area contributed by atoms with E-state index in [4.69, 9.17) is 16.3 Å². The van der Waals surface area contributed by atoms with Crippen molar-refractivity contribution in [3.63, 3.8) is 0 Å². The van der Waals surface area contributed by atoms with Crippen molar-refractivity contribution in [1.82, 2.24) is 0 Å². The molecule has 0 atom stereocenters. The number of nitrogens with zero attached hydrogens (tertiary/aromatic N) is 2. The number of hydrogen-bond acceptors (Lipinski definition) is 6. The van der Waals surface area contributed by atoms with Crippen LogP contribution in [0.4, 0.5) is 17.1 Å². The molecule has 7 nitrogen and oxygen atoms in total. The molecule has 3 aromatic rings. The third kappa shape index (κ3) is 5.11. The summed E-state index contributed by atoms with van der Waals surface area (Å²) in [7, 11) is -3.88. The summed E-state index contributed by atoms with van der Waals surface area (Å²) in [5, 5.41) is 5.27. The van der Waals surface area contributed by atoms with Gasteiger partial charge in [0.05, 0.1) is 23.8 Å². The number of carbonyl (C=O) groups excluding carboxylic acids is 1. The van der Waals surface area contributed by atoms with Crippen LogP contribution in [0.2, 0.25) is 5.02 Å². The van der Waals surface area contributed by atoms with E-state index in [2.05, 4.69) is 23.2 Å². The first-order valence-corrected chi connectivity index (χ1v) is 14.5. The van der Waals surface area contributed by atoms with E-state index >= 15 is 0 Å². The third-order valence-corrected chi connectivity index (χ3v) is 9.36. The number of halogens is 1. The number of anilines is 3. The minimum atomic E-state index is -3.88. The molecule has 4 rings (SSSR count). The summed E-state index contributed by atoms with van der Waals surface area (Å²) in [5.74, 6) is -0.340. The van der Waals surface area contributed by atoms with Crippen molar-refractivity contribution in [2.24, 2.45) is 0 Å². The topological polar surface area (TPSA) is 79.0 Å². The zero-order chi connectivity index (χ0) is 26.0. The molecule has 0 spiro atoms. The van der Waals surface area contributed by atoms with Crippen molar-refractivity contribution in [3.05, 3.63) is 68.4 Å². The van der Waals surface area contributed by atoms with Crippen molar-refractivity contribution < 1.29 is 17.9 Å². The van der Waals surface area contributed by atoms with Crippen molar-refractivity contribution in [2.45, 2.75) is 32.6 Å². The fourth-order valence-corrected chi connectivity index (χ4v) is 7.14. The molecule has 1 fully saturated rings. The van der Waals surface area contributed by atoms with Crippen LogP contribution in [0.15, 0.2) is 46.7 Å². The number of thiophene rings is 1. The number of morpholine rings is 1. The Kier molecular flexibility index (Phi) is 7.94. The smallest absolute Gasteiger partial charge is 0.267 e. The van der Waals surface area contributed by atoms with Gasteiger partial charge in [0.2, 0.25) is 0 Å². The lowest BCUT2D eigenvalue weighted by atomic mass is 10.0. The van der Waals surface area contributed by atoms with Crippen LogP contribution < -0.4 is 14.5 Å². The highest BCUT2D eigenvalue weighted by molar-refractivity contribution is 7.92. The largest absolute Gasteiger partial charge is 0.378 e. The predicted octanol–water partition coefficient (Wildman–Crippen LogP) is 5.63. The summed E-state index contributed by atoms with van der Waals surface area (Å²) in [6, 6.07) is 9.77. The van der Waals surface area contributed by atoms with E-state index in [1.807, 2.05) is 13.8 Å². The Balaban J connectivity index is 1.67. The summed E-state index contributed by atoms with van der Waals surface area (Å²) < 4.78 is 33.6. The molecule has 0 bridgehead atoms. The van der Waals surface area contributed by atoms with E-state index in [0.717, 1.165) is 41.2 Å². The van der Waals surface area contributed by atoms with Gasteiger partial charge in [-0.25, -0.2) is 8.42 Å². The van der Waals surface area contributed by atoms with Gasteiger partial charge in [0, 0.05) is 36.0 Å². The molecule has 1 aliphatic rings. The average molecular weight is 548 g/mol. The average Bonchev–Trinajstić information content (AvgIpc) is 3.32. The molecule has 1 amide bonds. The molecular weight excluding hydrogens is 518 g/mol. The Morgan fingerprint density at radius 1 is 1.11 bits per heavy atom. The third-order valence-electron chi connectivity index (χ3n) is 6.31. The number of sulfonamides is 1. The minimum absolute atomic E-state index is 0.117. The molecule has 1 aliphatic heterocycles. The van der Waals surface area contributed by atoms with E-state index < -0.39 is 10.0 Å². The lowest BCUT2D eigenvalue weighted by Gasteiger charge is -2.32. The SMILES string of the molecule is CCN(c1ccsc1C(=O)Nc1c(C)cc(C)c(N2CCOCC2)c1C)S(=O)(=O)c1ccc(Cl)cc1. The number of rotatable bonds is 7. The number of carbonyl (C=O) groups is 1. The Morgan fingerprint density at radius 2 is 1.78 bits per heavy atom. The van der Waals surface area contributed by atoms with E-state index in [0.29, 0.717) is 28.8 Å². The molecule has 1 N–H and O–H groups in total. The zero-order valence-corrected chi connectivity index (χ0v) is 23.2. The monoisotopic (exact) mass is 547 g/mol. The molecule has 10 heteroatoms. The van der Waals surface area contributed by atoms with Crippen LogP contribution >= 0.6 is 22.9 Å². The Labute approximate surface area is 221 Å². The van der Waals surface area contributed by atoms with Gasteiger partial charge in [-0.3, -0.25) is 9.10 Å². The molecule has 0 radical (unpaired) electrons. The van der Waals surface area contributed by atoms with Gasteiger partial charge >= 0.3 is 0 Å². The first-order chi connectivity index (χ1) is 17.1. The maximum absolute atomic E-state index is 13.5. The lowest BCUT2D eigenvalue weighted by molar-refractivity contribution is 0.103. The van der Waals surface area contributed by atoms with Gasteiger partial charge in [-0.15, -0.1) is 11.3 Å². The lowest BCUT2D eigenvalue weighted by Crippen LogP contribution is -2.37. The second-order valence-electron chi connectivity index (χ2n) is 8.67. The quantitative estimate of drug-likeness (QED) is 0.414. The summed E-state index contributed by atoms with van der Waals surface area (Å²) in [4.78, 5) is 16.3. The van der Waals surface area contributed by atoms with Crippen LogP contribution in [0, 0.1) is 20.8 Å². The summed E-state index contributed by atoms with van der Waals surface area (Å²) in [6.07, 6.45) is 0. The van der Waals surface area contributed by atoms with E-state index in [1.54, 1.807) is 30.5 Å². The van der Waals surface area contributed by atoms with Crippen LogP contribution in [0.5, 0.6) is 0 Å². The zero-order valence-electron chi connectivity index (χ0n) is 20.8. The maximum Gasteiger partial charge on any atom is 0.267 e. The Bertz CT molecular complexity index is 1360. The molecule has 0 aliphatic carbocycles. The highest BCUT2D eigenvalue weighted by Gasteiger charge is 2.29. The first-order valence-electron chi connectivity index (χ1n) is 11.8. The molecule has 2 heterocycles.